The molecule has 1 aliphatic rings. The Morgan fingerprint density at radius 1 is 1.37 bits per heavy atom. The zero-order valence-electron chi connectivity index (χ0n) is 12.9. The molecule has 112 valence electrons. The van der Waals surface area contributed by atoms with Crippen molar-refractivity contribution in [1.29, 1.82) is 0 Å². The van der Waals surface area contributed by atoms with Crippen molar-refractivity contribution < 1.29 is 9.53 Å². The van der Waals surface area contributed by atoms with Crippen molar-refractivity contribution in [2.75, 3.05) is 26.2 Å². The number of hydrogen-bond donors (Lipinski definition) is 1. The first-order valence-electron chi connectivity index (χ1n) is 7.71. The smallest absolute Gasteiger partial charge is 0.249 e. The number of ether oxygens (including phenoxy) is 1. The topological polar surface area (TPSA) is 41.6 Å². The summed E-state index contributed by atoms with van der Waals surface area (Å²) in [5, 5.41) is 3.07. The van der Waals surface area contributed by atoms with E-state index >= 15 is 0 Å². The molecule has 1 aliphatic heterocycles. The van der Waals surface area contributed by atoms with Gasteiger partial charge < -0.3 is 10.1 Å². The molecule has 0 aromatic rings. The lowest BCUT2D eigenvalue weighted by atomic mass is 10.0. The highest BCUT2D eigenvalue weighted by molar-refractivity contribution is 5.80. The Kier molecular flexibility index (Phi) is 7.39. The lowest BCUT2D eigenvalue weighted by molar-refractivity contribution is -0.130. The van der Waals surface area contributed by atoms with Gasteiger partial charge in [-0.05, 0) is 38.3 Å². The highest BCUT2D eigenvalue weighted by Gasteiger charge is 2.25. The molecule has 0 aromatic heterocycles. The maximum atomic E-state index is 12.0. The molecule has 0 radical (unpaired) electrons. The minimum atomic E-state index is -0.212. The summed E-state index contributed by atoms with van der Waals surface area (Å²) < 4.78 is 5.42. The first kappa shape index (κ1) is 16.4. The molecule has 0 aromatic carbocycles. The fraction of sp³-hybridized carbons (Fsp3) is 0.933. The highest BCUT2D eigenvalue weighted by Crippen LogP contribution is 2.13. The first-order valence-corrected chi connectivity index (χ1v) is 7.71. The second-order valence-electron chi connectivity index (χ2n) is 5.75. The second kappa shape index (κ2) is 8.54. The minimum absolute atomic E-state index is 0.0680. The van der Waals surface area contributed by atoms with Crippen LogP contribution in [0.2, 0.25) is 0 Å². The van der Waals surface area contributed by atoms with Gasteiger partial charge in [-0.15, -0.1) is 0 Å². The van der Waals surface area contributed by atoms with Gasteiger partial charge in [0.05, 0.1) is 0 Å². The summed E-state index contributed by atoms with van der Waals surface area (Å²) >= 11 is 0. The lowest BCUT2D eigenvalue weighted by Gasteiger charge is -2.31. The predicted molar refractivity (Wildman–Crippen MR) is 78.1 cm³/mol. The number of nitrogens with one attached hydrogen (secondary N) is 1. The van der Waals surface area contributed by atoms with Gasteiger partial charge in [0.2, 0.25) is 5.91 Å². The van der Waals surface area contributed by atoms with Crippen LogP contribution in [0.4, 0.5) is 0 Å². The molecule has 2 atom stereocenters. The Hall–Kier alpha value is -0.610. The highest BCUT2D eigenvalue weighted by atomic mass is 16.5. The van der Waals surface area contributed by atoms with Crippen LogP contribution >= 0.6 is 0 Å². The third-order valence-electron chi connectivity index (χ3n) is 3.81. The lowest BCUT2D eigenvalue weighted by Crippen LogP contribution is -2.46. The van der Waals surface area contributed by atoms with E-state index in [0.29, 0.717) is 12.0 Å². The quantitative estimate of drug-likeness (QED) is 0.734. The SMILES string of the molecule is CCN(CC)C(CNC(=O)C1CCCO1)CC(C)C. The molecule has 1 fully saturated rings. The van der Waals surface area contributed by atoms with Gasteiger partial charge in [-0.25, -0.2) is 0 Å². The molecule has 1 saturated heterocycles. The van der Waals surface area contributed by atoms with Crippen LogP contribution in [0.15, 0.2) is 0 Å². The number of hydrogen-bond acceptors (Lipinski definition) is 3. The van der Waals surface area contributed by atoms with Crippen LogP contribution in [0.5, 0.6) is 0 Å². The molecule has 0 spiro atoms. The molecule has 0 aliphatic carbocycles. The van der Waals surface area contributed by atoms with Crippen molar-refractivity contribution in [2.45, 2.75) is 59.1 Å². The standard InChI is InChI=1S/C15H30N2O2/c1-5-17(6-2)13(10-12(3)4)11-16-15(18)14-8-7-9-19-14/h12-14H,5-11H2,1-4H3,(H,16,18). The molecule has 1 N–H and O–H groups in total. The van der Waals surface area contributed by atoms with Crippen molar-refractivity contribution in [2.24, 2.45) is 5.92 Å². The van der Waals surface area contributed by atoms with Crippen LogP contribution in [0.25, 0.3) is 0 Å². The monoisotopic (exact) mass is 270 g/mol. The van der Waals surface area contributed by atoms with E-state index in [1.807, 2.05) is 0 Å². The Balaban J connectivity index is 2.44. The Morgan fingerprint density at radius 2 is 2.05 bits per heavy atom. The molecular formula is C15H30N2O2. The van der Waals surface area contributed by atoms with Gasteiger partial charge in [0.15, 0.2) is 0 Å². The van der Waals surface area contributed by atoms with Gasteiger partial charge in [-0.2, -0.15) is 0 Å². The van der Waals surface area contributed by atoms with E-state index in [0.717, 1.165) is 45.5 Å². The summed E-state index contributed by atoms with van der Waals surface area (Å²) in [5.41, 5.74) is 0. The van der Waals surface area contributed by atoms with Gasteiger partial charge in [0, 0.05) is 19.2 Å². The van der Waals surface area contributed by atoms with E-state index in [4.69, 9.17) is 4.74 Å². The number of carbonyl (C=O) groups is 1. The predicted octanol–water partition coefficient (Wildman–Crippen LogP) is 2.04. The summed E-state index contributed by atoms with van der Waals surface area (Å²) in [7, 11) is 0. The van der Waals surface area contributed by atoms with Crippen LogP contribution in [0, 0.1) is 5.92 Å². The van der Waals surface area contributed by atoms with E-state index in [1.165, 1.54) is 0 Å². The molecule has 2 unspecified atom stereocenters. The molecule has 4 heteroatoms. The molecule has 1 rings (SSSR count). The van der Waals surface area contributed by atoms with Crippen LogP contribution in [0.3, 0.4) is 0 Å². The molecule has 4 nitrogen and oxygen atoms in total. The van der Waals surface area contributed by atoms with Crippen molar-refractivity contribution in [1.82, 2.24) is 10.2 Å². The van der Waals surface area contributed by atoms with E-state index in [9.17, 15) is 4.79 Å². The summed E-state index contributed by atoms with van der Waals surface area (Å²) in [6, 6.07) is 0.431. The Morgan fingerprint density at radius 3 is 2.53 bits per heavy atom. The van der Waals surface area contributed by atoms with Gasteiger partial charge in [0.25, 0.3) is 0 Å². The third kappa shape index (κ3) is 5.49. The molecule has 1 amide bonds. The minimum Gasteiger partial charge on any atom is -0.368 e. The Bertz CT molecular complexity index is 259. The van der Waals surface area contributed by atoms with Crippen molar-refractivity contribution in [3.8, 4) is 0 Å². The molecule has 19 heavy (non-hydrogen) atoms. The normalized spacial score (nSPS) is 21.1. The van der Waals surface area contributed by atoms with E-state index in [1.54, 1.807) is 0 Å². The van der Waals surface area contributed by atoms with Crippen molar-refractivity contribution in [3.63, 3.8) is 0 Å². The Labute approximate surface area is 117 Å². The van der Waals surface area contributed by atoms with Gasteiger partial charge >= 0.3 is 0 Å². The molecular weight excluding hydrogens is 240 g/mol. The summed E-state index contributed by atoms with van der Waals surface area (Å²) in [6.45, 7) is 12.4. The van der Waals surface area contributed by atoms with Crippen LogP contribution in [-0.2, 0) is 9.53 Å². The van der Waals surface area contributed by atoms with E-state index < -0.39 is 0 Å². The van der Waals surface area contributed by atoms with E-state index in [-0.39, 0.29) is 12.0 Å². The summed E-state index contributed by atoms with van der Waals surface area (Å²) in [5.74, 6) is 0.712. The number of carbonyl (C=O) groups excluding carboxylic acids is 1. The number of nitrogens with zero attached hydrogens (tertiary/aromatic N) is 1. The molecule has 0 saturated carbocycles. The summed E-state index contributed by atoms with van der Waals surface area (Å²) in [6.07, 6.45) is 2.78. The zero-order valence-corrected chi connectivity index (χ0v) is 12.9. The summed E-state index contributed by atoms with van der Waals surface area (Å²) in [4.78, 5) is 14.4. The maximum Gasteiger partial charge on any atom is 0.249 e. The first-order chi connectivity index (χ1) is 9.08. The average molecular weight is 270 g/mol. The molecule has 0 bridgehead atoms. The van der Waals surface area contributed by atoms with Crippen LogP contribution in [-0.4, -0.2) is 49.2 Å². The van der Waals surface area contributed by atoms with Crippen molar-refractivity contribution >= 4 is 5.91 Å². The fourth-order valence-corrected chi connectivity index (χ4v) is 2.76. The number of likely N-dealkylation sites (N-methyl/N-ethyl adjacent to an activating group) is 1. The maximum absolute atomic E-state index is 12.0. The third-order valence-corrected chi connectivity index (χ3v) is 3.81. The van der Waals surface area contributed by atoms with Crippen LogP contribution in [0.1, 0.15) is 47.0 Å². The van der Waals surface area contributed by atoms with Gasteiger partial charge in [0.1, 0.15) is 6.10 Å². The number of rotatable bonds is 8. The van der Waals surface area contributed by atoms with E-state index in [2.05, 4.69) is 37.9 Å². The van der Waals surface area contributed by atoms with Crippen molar-refractivity contribution in [3.05, 3.63) is 0 Å². The fourth-order valence-electron chi connectivity index (χ4n) is 2.76. The zero-order chi connectivity index (χ0) is 14.3. The molecule has 1 heterocycles. The van der Waals surface area contributed by atoms with Crippen LogP contribution < -0.4 is 5.32 Å². The second-order valence-corrected chi connectivity index (χ2v) is 5.75. The average Bonchev–Trinajstić information content (AvgIpc) is 2.90. The van der Waals surface area contributed by atoms with Gasteiger partial charge in [-0.3, -0.25) is 9.69 Å². The largest absolute Gasteiger partial charge is 0.368 e. The van der Waals surface area contributed by atoms with Gasteiger partial charge in [-0.1, -0.05) is 27.7 Å². The number of amides is 1.